The summed E-state index contributed by atoms with van der Waals surface area (Å²) < 4.78 is 0.964. The highest BCUT2D eigenvalue weighted by Crippen LogP contribution is 2.22. The van der Waals surface area contributed by atoms with E-state index in [1.165, 1.54) is 32.1 Å². The van der Waals surface area contributed by atoms with Crippen molar-refractivity contribution in [3.8, 4) is 0 Å². The van der Waals surface area contributed by atoms with Crippen molar-refractivity contribution in [2.45, 2.75) is 36.0 Å². The van der Waals surface area contributed by atoms with Crippen LogP contribution in [0.15, 0.2) is 0 Å². The summed E-state index contributed by atoms with van der Waals surface area (Å²) in [4.78, 5) is 0. The molecule has 1 fully saturated rings. The van der Waals surface area contributed by atoms with E-state index in [0.717, 1.165) is 3.92 Å². The van der Waals surface area contributed by atoms with Gasteiger partial charge < -0.3 is 0 Å². The van der Waals surface area contributed by atoms with Crippen LogP contribution in [0.3, 0.4) is 0 Å². The number of halogens is 1. The molecule has 1 aliphatic rings. The van der Waals surface area contributed by atoms with E-state index in [4.69, 9.17) is 0 Å². The van der Waals surface area contributed by atoms with Gasteiger partial charge >= 0.3 is 0 Å². The zero-order valence-electron chi connectivity index (χ0n) is 5.07. The Morgan fingerprint density at radius 2 is 2.12 bits per heavy atom. The summed E-state index contributed by atoms with van der Waals surface area (Å²) in [5, 5.41) is 0. The smallest absolute Gasteiger partial charge is 0.0110 e. The predicted molar refractivity (Wildman–Crippen MR) is 45.2 cm³/mol. The Labute approximate surface area is 65.2 Å². The lowest BCUT2D eigenvalue weighted by Crippen LogP contribution is -1.91. The molecule has 1 saturated carbocycles. The van der Waals surface area contributed by atoms with Gasteiger partial charge in [-0.15, -0.1) is 0 Å². The topological polar surface area (TPSA) is 0 Å². The van der Waals surface area contributed by atoms with Crippen molar-refractivity contribution in [1.29, 1.82) is 0 Å². The molecule has 47 valence electrons. The van der Waals surface area contributed by atoms with E-state index in [0.29, 0.717) is 0 Å². The van der Waals surface area contributed by atoms with Gasteiger partial charge in [0.25, 0.3) is 0 Å². The van der Waals surface area contributed by atoms with E-state index in [-0.39, 0.29) is 0 Å². The van der Waals surface area contributed by atoms with Crippen molar-refractivity contribution < 1.29 is 0 Å². The zero-order valence-corrected chi connectivity index (χ0v) is 7.23. The Kier molecular flexibility index (Phi) is 3.16. The predicted octanol–water partition coefficient (Wildman–Crippen LogP) is 2.96. The lowest BCUT2D eigenvalue weighted by molar-refractivity contribution is 0.740. The molecule has 0 aromatic carbocycles. The molecule has 0 nitrogen and oxygen atoms in total. The van der Waals surface area contributed by atoms with Crippen LogP contribution >= 0.6 is 22.6 Å². The van der Waals surface area contributed by atoms with Gasteiger partial charge in [0, 0.05) is 3.92 Å². The van der Waals surface area contributed by atoms with Gasteiger partial charge in [0.15, 0.2) is 0 Å². The van der Waals surface area contributed by atoms with E-state index < -0.39 is 0 Å². The summed E-state index contributed by atoms with van der Waals surface area (Å²) in [5.74, 6) is 0. The minimum absolute atomic E-state index is 0.964. The number of rotatable bonds is 0. The quantitative estimate of drug-likeness (QED) is 0.336. The molecule has 0 aromatic heterocycles. The largest absolute Gasteiger partial charge is 0.0826 e. The van der Waals surface area contributed by atoms with Crippen molar-refractivity contribution in [2.24, 2.45) is 0 Å². The molecule has 0 bridgehead atoms. The third kappa shape index (κ3) is 2.33. The molecular formula is C7H12I. The Morgan fingerprint density at radius 1 is 1.25 bits per heavy atom. The molecule has 0 heterocycles. The fraction of sp³-hybridized carbons (Fsp3) is 0.857. The monoisotopic (exact) mass is 223 g/mol. The second-order valence-electron chi connectivity index (χ2n) is 2.39. The lowest BCUT2D eigenvalue weighted by atomic mass is 10.2. The van der Waals surface area contributed by atoms with Crippen molar-refractivity contribution >= 4 is 22.6 Å². The average molecular weight is 223 g/mol. The third-order valence-electron chi connectivity index (χ3n) is 1.61. The van der Waals surface area contributed by atoms with Crippen LogP contribution in [0.2, 0.25) is 0 Å². The Hall–Kier alpha value is 0.730. The van der Waals surface area contributed by atoms with E-state index in [1.54, 1.807) is 0 Å². The van der Waals surface area contributed by atoms with Gasteiger partial charge in [-0.25, -0.2) is 0 Å². The number of alkyl halides is 1. The lowest BCUT2D eigenvalue weighted by Gasteiger charge is -2.00. The zero-order chi connectivity index (χ0) is 5.82. The fourth-order valence-electron chi connectivity index (χ4n) is 1.07. The van der Waals surface area contributed by atoms with Crippen molar-refractivity contribution in [3.63, 3.8) is 0 Å². The van der Waals surface area contributed by atoms with Crippen molar-refractivity contribution in [1.82, 2.24) is 0 Å². The molecule has 0 saturated heterocycles. The first-order valence-corrected chi connectivity index (χ1v) is 4.60. The summed E-state index contributed by atoms with van der Waals surface area (Å²) in [6, 6.07) is 0. The van der Waals surface area contributed by atoms with Crippen LogP contribution in [-0.4, -0.2) is 3.92 Å². The Balaban J connectivity index is 2.17. The van der Waals surface area contributed by atoms with Crippen molar-refractivity contribution in [3.05, 3.63) is 6.42 Å². The molecule has 1 atom stereocenters. The molecule has 0 amide bonds. The summed E-state index contributed by atoms with van der Waals surface area (Å²) in [6.07, 6.45) is 9.43. The van der Waals surface area contributed by atoms with Gasteiger partial charge in [0.1, 0.15) is 0 Å². The minimum atomic E-state index is 0.964. The van der Waals surface area contributed by atoms with Gasteiger partial charge in [0.05, 0.1) is 0 Å². The fourth-order valence-corrected chi connectivity index (χ4v) is 1.87. The molecule has 0 spiro atoms. The molecule has 1 radical (unpaired) electrons. The Morgan fingerprint density at radius 3 is 3.00 bits per heavy atom. The molecular weight excluding hydrogens is 211 g/mol. The molecule has 1 unspecified atom stereocenters. The SMILES string of the molecule is IC1CC[CH]CCC1. The van der Waals surface area contributed by atoms with Crippen LogP contribution in [0.5, 0.6) is 0 Å². The second kappa shape index (κ2) is 3.70. The maximum atomic E-state index is 2.56. The van der Waals surface area contributed by atoms with E-state index in [9.17, 15) is 0 Å². The normalized spacial score (nSPS) is 25.1. The Bertz CT molecular complexity index is 53.4. The third-order valence-corrected chi connectivity index (χ3v) is 2.86. The van der Waals surface area contributed by atoms with Gasteiger partial charge in [-0.05, 0) is 25.7 Å². The van der Waals surface area contributed by atoms with Crippen LogP contribution in [0.4, 0.5) is 0 Å². The minimum Gasteiger partial charge on any atom is -0.0826 e. The van der Waals surface area contributed by atoms with Crippen LogP contribution < -0.4 is 0 Å². The van der Waals surface area contributed by atoms with Crippen LogP contribution in [0.25, 0.3) is 0 Å². The number of hydrogen-bond donors (Lipinski definition) is 0. The van der Waals surface area contributed by atoms with Gasteiger partial charge in [-0.1, -0.05) is 35.4 Å². The first-order chi connectivity index (χ1) is 3.89. The maximum absolute atomic E-state index is 2.56. The molecule has 0 aliphatic heterocycles. The second-order valence-corrected chi connectivity index (χ2v) is 4.16. The molecule has 0 aromatic rings. The molecule has 8 heavy (non-hydrogen) atoms. The van der Waals surface area contributed by atoms with Gasteiger partial charge in [0.2, 0.25) is 0 Å². The van der Waals surface area contributed by atoms with Gasteiger partial charge in [-0.3, -0.25) is 0 Å². The summed E-state index contributed by atoms with van der Waals surface area (Å²) >= 11 is 2.56. The highest BCUT2D eigenvalue weighted by Gasteiger charge is 2.06. The van der Waals surface area contributed by atoms with Crippen LogP contribution in [-0.2, 0) is 0 Å². The summed E-state index contributed by atoms with van der Waals surface area (Å²) in [6.45, 7) is 0. The van der Waals surface area contributed by atoms with E-state index in [2.05, 4.69) is 29.0 Å². The van der Waals surface area contributed by atoms with Crippen LogP contribution in [0, 0.1) is 6.42 Å². The molecule has 1 heteroatoms. The van der Waals surface area contributed by atoms with E-state index >= 15 is 0 Å². The highest BCUT2D eigenvalue weighted by atomic mass is 127. The van der Waals surface area contributed by atoms with Crippen molar-refractivity contribution in [2.75, 3.05) is 0 Å². The molecule has 1 aliphatic carbocycles. The molecule has 1 rings (SSSR count). The summed E-state index contributed by atoms with van der Waals surface area (Å²) in [5.41, 5.74) is 0. The maximum Gasteiger partial charge on any atom is 0.0110 e. The molecule has 0 N–H and O–H groups in total. The standard InChI is InChI=1S/C7H12I/c8-7-5-3-1-2-4-6-7/h1,7H,2-6H2. The highest BCUT2D eigenvalue weighted by molar-refractivity contribution is 14.1. The first kappa shape index (κ1) is 6.84. The number of hydrogen-bond acceptors (Lipinski definition) is 0. The first-order valence-electron chi connectivity index (χ1n) is 3.35. The van der Waals surface area contributed by atoms with Crippen LogP contribution in [0.1, 0.15) is 32.1 Å². The average Bonchev–Trinajstić information content (AvgIpc) is 1.94. The van der Waals surface area contributed by atoms with Gasteiger partial charge in [-0.2, -0.15) is 0 Å². The summed E-state index contributed by atoms with van der Waals surface area (Å²) in [7, 11) is 0. The van der Waals surface area contributed by atoms with E-state index in [1.807, 2.05) is 0 Å².